The van der Waals surface area contributed by atoms with Crippen LogP contribution in [0.25, 0.3) is 0 Å². The number of ether oxygens (including phenoxy) is 3. The molecule has 6 heteroatoms. The summed E-state index contributed by atoms with van der Waals surface area (Å²) in [7, 11) is 0. The first-order chi connectivity index (χ1) is 30.5. The number of carbonyl (C=O) groups is 3. The van der Waals surface area contributed by atoms with Crippen molar-refractivity contribution in [2.45, 2.75) is 226 Å². The third kappa shape index (κ3) is 47.4. The van der Waals surface area contributed by atoms with Crippen molar-refractivity contribution in [3.63, 3.8) is 0 Å². The van der Waals surface area contributed by atoms with Gasteiger partial charge in [-0.3, -0.25) is 14.4 Å². The van der Waals surface area contributed by atoms with E-state index in [0.717, 1.165) is 77.0 Å². The molecule has 0 heterocycles. The van der Waals surface area contributed by atoms with E-state index >= 15 is 0 Å². The summed E-state index contributed by atoms with van der Waals surface area (Å²) in [6.45, 7) is 6.39. The van der Waals surface area contributed by atoms with Gasteiger partial charge in [-0.15, -0.1) is 0 Å². The van der Waals surface area contributed by atoms with E-state index in [1.807, 2.05) is 54.7 Å². The fourth-order valence-corrected chi connectivity index (χ4v) is 6.71. The SMILES string of the molecule is CC/C=C/C=C/C=C/C=C/C=C/CCCC(=O)OC(COC(=O)CCCCCCC/C=C/C=C/C=C/CCCCCCC)COC(=O)CCCCCCCCCCCCCCC. The zero-order valence-corrected chi connectivity index (χ0v) is 40.1. The third-order valence-electron chi connectivity index (χ3n) is 10.5. The summed E-state index contributed by atoms with van der Waals surface area (Å²) < 4.78 is 16.7. The molecular weight excluding hydrogens is 769 g/mol. The number of unbranched alkanes of at least 4 members (excludes halogenated alkanes) is 23. The van der Waals surface area contributed by atoms with Crippen molar-refractivity contribution in [3.05, 3.63) is 97.2 Å². The van der Waals surface area contributed by atoms with Gasteiger partial charge in [-0.2, -0.15) is 0 Å². The van der Waals surface area contributed by atoms with Crippen molar-refractivity contribution in [2.75, 3.05) is 13.2 Å². The van der Waals surface area contributed by atoms with Crippen LogP contribution in [0.1, 0.15) is 220 Å². The molecule has 0 spiro atoms. The van der Waals surface area contributed by atoms with Gasteiger partial charge in [-0.25, -0.2) is 0 Å². The van der Waals surface area contributed by atoms with Crippen molar-refractivity contribution < 1.29 is 28.6 Å². The van der Waals surface area contributed by atoms with Crippen molar-refractivity contribution in [1.29, 1.82) is 0 Å². The van der Waals surface area contributed by atoms with Crippen LogP contribution in [0.2, 0.25) is 0 Å². The summed E-state index contributed by atoms with van der Waals surface area (Å²) in [5.74, 6) is -1.01. The molecule has 0 amide bonds. The van der Waals surface area contributed by atoms with Crippen molar-refractivity contribution in [2.24, 2.45) is 0 Å². The Morgan fingerprint density at radius 2 is 0.645 bits per heavy atom. The number of hydrogen-bond donors (Lipinski definition) is 0. The monoisotopic (exact) mass is 861 g/mol. The predicted octanol–water partition coefficient (Wildman–Crippen LogP) is 16.6. The van der Waals surface area contributed by atoms with E-state index in [1.165, 1.54) is 96.3 Å². The molecule has 0 bridgehead atoms. The fraction of sp³-hybridized carbons (Fsp3) is 0.661. The molecule has 62 heavy (non-hydrogen) atoms. The smallest absolute Gasteiger partial charge is 0.306 e. The van der Waals surface area contributed by atoms with Gasteiger partial charge in [0.2, 0.25) is 0 Å². The van der Waals surface area contributed by atoms with Crippen LogP contribution in [0.5, 0.6) is 0 Å². The van der Waals surface area contributed by atoms with E-state index in [9.17, 15) is 14.4 Å². The van der Waals surface area contributed by atoms with Gasteiger partial charge in [-0.1, -0.05) is 240 Å². The van der Waals surface area contributed by atoms with Crippen LogP contribution in [-0.2, 0) is 28.6 Å². The van der Waals surface area contributed by atoms with Crippen LogP contribution in [-0.4, -0.2) is 37.2 Å². The average molecular weight is 861 g/mol. The lowest BCUT2D eigenvalue weighted by atomic mass is 10.0. The number of rotatable bonds is 44. The highest BCUT2D eigenvalue weighted by Crippen LogP contribution is 2.14. The first kappa shape index (κ1) is 58.3. The largest absolute Gasteiger partial charge is 0.462 e. The first-order valence-corrected chi connectivity index (χ1v) is 25.3. The second kappa shape index (κ2) is 50.0. The lowest BCUT2D eigenvalue weighted by Crippen LogP contribution is -2.30. The van der Waals surface area contributed by atoms with E-state index in [2.05, 4.69) is 63.3 Å². The van der Waals surface area contributed by atoms with Gasteiger partial charge >= 0.3 is 17.9 Å². The summed E-state index contributed by atoms with van der Waals surface area (Å²) in [4.78, 5) is 37.9. The average Bonchev–Trinajstić information content (AvgIpc) is 3.27. The quantitative estimate of drug-likeness (QED) is 0.0263. The highest BCUT2D eigenvalue weighted by Gasteiger charge is 2.19. The molecule has 1 atom stereocenters. The summed E-state index contributed by atoms with van der Waals surface area (Å²) in [5.41, 5.74) is 0. The molecule has 0 saturated carbocycles. The highest BCUT2D eigenvalue weighted by molar-refractivity contribution is 5.71. The molecule has 0 N–H and O–H groups in total. The van der Waals surface area contributed by atoms with Gasteiger partial charge in [0.25, 0.3) is 0 Å². The molecule has 0 aromatic rings. The summed E-state index contributed by atoms with van der Waals surface area (Å²) in [5, 5.41) is 0. The summed E-state index contributed by atoms with van der Waals surface area (Å²) in [6.07, 6.45) is 65.4. The molecule has 0 aliphatic rings. The lowest BCUT2D eigenvalue weighted by molar-refractivity contribution is -0.167. The Bertz CT molecular complexity index is 1260. The predicted molar refractivity (Wildman–Crippen MR) is 265 cm³/mol. The standard InChI is InChI=1S/C56H92O6/c1-4-7-10-13-16-19-22-25-26-27-28-29-32-34-37-40-43-46-49-55(58)61-52-53(62-56(59)50-47-44-41-38-35-31-24-21-18-15-12-9-6-3)51-60-54(57)48-45-42-39-36-33-30-23-20-17-14-11-8-5-2/h9,12,15,18,21-22,24-29,31,35,38,41,53H,4-8,10-11,13-14,16-17,19-20,23,30,32-34,36-37,39-40,42-52H2,1-3H3/b12-9+,18-15+,24-21+,25-22+,27-26+,29-28+,35-31+,41-38+. The van der Waals surface area contributed by atoms with Crippen LogP contribution in [0, 0.1) is 0 Å². The van der Waals surface area contributed by atoms with Crippen LogP contribution in [0.15, 0.2) is 97.2 Å². The minimum absolute atomic E-state index is 0.112. The summed E-state index contributed by atoms with van der Waals surface area (Å²) >= 11 is 0. The Balaban J connectivity index is 4.51. The number of allylic oxidation sites excluding steroid dienone is 16. The van der Waals surface area contributed by atoms with Gasteiger partial charge < -0.3 is 14.2 Å². The van der Waals surface area contributed by atoms with Crippen molar-refractivity contribution >= 4 is 17.9 Å². The Labute approximate surface area is 381 Å². The maximum absolute atomic E-state index is 12.7. The number of hydrogen-bond acceptors (Lipinski definition) is 6. The Morgan fingerprint density at radius 1 is 0.339 bits per heavy atom. The van der Waals surface area contributed by atoms with Crippen LogP contribution in [0.3, 0.4) is 0 Å². The number of carbonyl (C=O) groups excluding carboxylic acids is 3. The molecule has 0 saturated heterocycles. The zero-order chi connectivity index (χ0) is 45.1. The zero-order valence-electron chi connectivity index (χ0n) is 40.1. The number of esters is 3. The molecule has 0 fully saturated rings. The Kier molecular flexibility index (Phi) is 47.0. The van der Waals surface area contributed by atoms with Gasteiger partial charge in [-0.05, 0) is 57.8 Å². The third-order valence-corrected chi connectivity index (χ3v) is 10.5. The highest BCUT2D eigenvalue weighted by atomic mass is 16.6. The van der Waals surface area contributed by atoms with E-state index < -0.39 is 6.10 Å². The van der Waals surface area contributed by atoms with Gasteiger partial charge in [0.1, 0.15) is 13.2 Å². The molecule has 0 aromatic heterocycles. The minimum atomic E-state index is -0.821. The molecule has 352 valence electrons. The molecule has 0 radical (unpaired) electrons. The molecular formula is C56H92O6. The van der Waals surface area contributed by atoms with E-state index in [-0.39, 0.29) is 37.5 Å². The van der Waals surface area contributed by atoms with E-state index in [1.54, 1.807) is 0 Å². The van der Waals surface area contributed by atoms with Crippen LogP contribution >= 0.6 is 0 Å². The Morgan fingerprint density at radius 3 is 1.03 bits per heavy atom. The fourth-order valence-electron chi connectivity index (χ4n) is 6.71. The molecule has 6 nitrogen and oxygen atoms in total. The molecule has 1 unspecified atom stereocenters. The molecule has 0 aromatic carbocycles. The Hall–Kier alpha value is -3.67. The van der Waals surface area contributed by atoms with Gasteiger partial charge in [0.05, 0.1) is 0 Å². The second-order valence-corrected chi connectivity index (χ2v) is 16.5. The molecule has 0 aliphatic heterocycles. The normalized spacial score (nSPS) is 12.9. The topological polar surface area (TPSA) is 78.9 Å². The van der Waals surface area contributed by atoms with Crippen LogP contribution in [0.4, 0.5) is 0 Å². The second-order valence-electron chi connectivity index (χ2n) is 16.5. The van der Waals surface area contributed by atoms with E-state index in [4.69, 9.17) is 14.2 Å². The van der Waals surface area contributed by atoms with Crippen molar-refractivity contribution in [1.82, 2.24) is 0 Å². The lowest BCUT2D eigenvalue weighted by Gasteiger charge is -2.18. The van der Waals surface area contributed by atoms with Gasteiger partial charge in [0, 0.05) is 19.3 Å². The van der Waals surface area contributed by atoms with Crippen molar-refractivity contribution in [3.8, 4) is 0 Å². The summed E-state index contributed by atoms with van der Waals surface area (Å²) in [6, 6.07) is 0. The minimum Gasteiger partial charge on any atom is -0.462 e. The van der Waals surface area contributed by atoms with Crippen LogP contribution < -0.4 is 0 Å². The first-order valence-electron chi connectivity index (χ1n) is 25.3. The molecule has 0 aliphatic carbocycles. The maximum Gasteiger partial charge on any atom is 0.306 e. The van der Waals surface area contributed by atoms with Gasteiger partial charge in [0.15, 0.2) is 6.10 Å². The van der Waals surface area contributed by atoms with E-state index in [0.29, 0.717) is 19.3 Å². The molecule has 0 rings (SSSR count). The maximum atomic E-state index is 12.7.